The number of rotatable bonds is 8. The highest BCUT2D eigenvalue weighted by atomic mass is 16.5. The van der Waals surface area contributed by atoms with E-state index >= 15 is 0 Å². The average Bonchev–Trinajstić information content (AvgIpc) is 3.64. The maximum atomic E-state index is 12.1. The lowest BCUT2D eigenvalue weighted by Gasteiger charge is -2.13. The lowest BCUT2D eigenvalue weighted by Crippen LogP contribution is -2.02. The second-order valence-corrected chi connectivity index (χ2v) is 10.8. The third-order valence-electron chi connectivity index (χ3n) is 8.04. The summed E-state index contributed by atoms with van der Waals surface area (Å²) in [6, 6.07) is 33.4. The normalized spacial score (nSPS) is 11.0. The van der Waals surface area contributed by atoms with Gasteiger partial charge in [0, 0.05) is 22.5 Å². The zero-order chi connectivity index (χ0) is 32.5. The lowest BCUT2D eigenvalue weighted by atomic mass is 10.1. The minimum Gasteiger partial charge on any atom is -0.465 e. The van der Waals surface area contributed by atoms with E-state index in [0.717, 1.165) is 44.9 Å². The molecule has 2 aromatic heterocycles. The Labute approximate surface area is 265 Å². The van der Waals surface area contributed by atoms with Crippen LogP contribution in [-0.2, 0) is 9.47 Å². The van der Waals surface area contributed by atoms with E-state index in [-0.39, 0.29) is 11.6 Å². The molecule has 2 heterocycles. The third kappa shape index (κ3) is 5.41. The predicted molar refractivity (Wildman–Crippen MR) is 176 cm³/mol. The SMILES string of the molecule is COC(=O)c1ccc(-c2cc3c(cc(-c4ccc(C(=O)OC)cc4)n3-c3ccc(C(C)=O)cc3)n2-c2ccc(C(C)=O)cc2)cc1. The van der Waals surface area contributed by atoms with Crippen molar-refractivity contribution < 1.29 is 28.7 Å². The number of ketones is 2. The van der Waals surface area contributed by atoms with Crippen molar-refractivity contribution in [2.24, 2.45) is 0 Å². The van der Waals surface area contributed by atoms with Gasteiger partial charge in [0.2, 0.25) is 0 Å². The molecule has 46 heavy (non-hydrogen) atoms. The van der Waals surface area contributed by atoms with Crippen LogP contribution in [-0.4, -0.2) is 46.9 Å². The van der Waals surface area contributed by atoms with Crippen molar-refractivity contribution in [3.05, 3.63) is 131 Å². The van der Waals surface area contributed by atoms with Gasteiger partial charge in [0.05, 0.1) is 47.8 Å². The van der Waals surface area contributed by atoms with E-state index in [1.54, 1.807) is 48.5 Å². The number of benzene rings is 4. The van der Waals surface area contributed by atoms with Crippen LogP contribution in [0.1, 0.15) is 55.3 Å². The van der Waals surface area contributed by atoms with Gasteiger partial charge in [0.15, 0.2) is 11.6 Å². The quantitative estimate of drug-likeness (QED) is 0.129. The number of aromatic nitrogens is 2. The number of nitrogens with zero attached hydrogens (tertiary/aromatic N) is 2. The molecule has 0 bridgehead atoms. The zero-order valence-electron chi connectivity index (χ0n) is 25.7. The maximum Gasteiger partial charge on any atom is 0.337 e. The highest BCUT2D eigenvalue weighted by Gasteiger charge is 2.22. The van der Waals surface area contributed by atoms with E-state index in [4.69, 9.17) is 9.47 Å². The summed E-state index contributed by atoms with van der Waals surface area (Å²) in [5.41, 5.74) is 8.96. The molecule has 8 heteroatoms. The van der Waals surface area contributed by atoms with Crippen LogP contribution < -0.4 is 0 Å². The number of Topliss-reactive ketones (excluding diaryl/α,β-unsaturated/α-hetero) is 2. The van der Waals surface area contributed by atoms with Crippen LogP contribution in [0.2, 0.25) is 0 Å². The van der Waals surface area contributed by atoms with Crippen LogP contribution in [0.4, 0.5) is 0 Å². The summed E-state index contributed by atoms with van der Waals surface area (Å²) in [6.45, 7) is 3.07. The molecular formula is C38H30N2O6. The van der Waals surface area contributed by atoms with Crippen LogP contribution in [0, 0.1) is 0 Å². The number of fused-ring (bicyclic) bond motifs is 1. The van der Waals surface area contributed by atoms with E-state index in [1.165, 1.54) is 28.1 Å². The molecule has 0 saturated carbocycles. The van der Waals surface area contributed by atoms with Crippen molar-refractivity contribution in [1.82, 2.24) is 9.13 Å². The van der Waals surface area contributed by atoms with Gasteiger partial charge >= 0.3 is 11.9 Å². The van der Waals surface area contributed by atoms with Crippen LogP contribution in [0.3, 0.4) is 0 Å². The number of ether oxygens (including phenoxy) is 2. The number of hydrogen-bond acceptors (Lipinski definition) is 6. The van der Waals surface area contributed by atoms with Gasteiger partial charge in [-0.25, -0.2) is 9.59 Å². The first kappa shape index (κ1) is 30.0. The van der Waals surface area contributed by atoms with E-state index in [2.05, 4.69) is 21.3 Å². The topological polar surface area (TPSA) is 96.6 Å². The molecule has 4 aromatic carbocycles. The molecule has 8 nitrogen and oxygen atoms in total. The van der Waals surface area contributed by atoms with Crippen molar-refractivity contribution >= 4 is 34.5 Å². The van der Waals surface area contributed by atoms with Gasteiger partial charge in [0.25, 0.3) is 0 Å². The molecule has 228 valence electrons. The molecule has 0 aliphatic heterocycles. The second kappa shape index (κ2) is 12.2. The summed E-state index contributed by atoms with van der Waals surface area (Å²) >= 11 is 0. The standard InChI is InChI=1S/C38H30N2O6/c1-23(41)25-13-17-31(18-14-25)39-33(27-5-9-29(10-6-27)37(43)45-3)21-36-35(39)22-34(28-7-11-30(12-8-28)38(44)46-4)40(36)32-19-15-26(16-20-32)24(2)42/h5-22H,1-4H3. The number of carbonyl (C=O) groups excluding carboxylic acids is 4. The van der Waals surface area contributed by atoms with Crippen LogP contribution in [0.5, 0.6) is 0 Å². The van der Waals surface area contributed by atoms with E-state index in [0.29, 0.717) is 22.3 Å². The Morgan fingerprint density at radius 1 is 0.457 bits per heavy atom. The Balaban J connectivity index is 1.63. The lowest BCUT2D eigenvalue weighted by molar-refractivity contribution is 0.0592. The van der Waals surface area contributed by atoms with Crippen molar-refractivity contribution in [2.45, 2.75) is 13.8 Å². The molecule has 0 aliphatic carbocycles. The number of methoxy groups -OCH3 is 2. The van der Waals surface area contributed by atoms with Crippen molar-refractivity contribution in [1.29, 1.82) is 0 Å². The van der Waals surface area contributed by atoms with E-state index < -0.39 is 11.9 Å². The van der Waals surface area contributed by atoms with Gasteiger partial charge in [-0.3, -0.25) is 9.59 Å². The molecule has 0 N–H and O–H groups in total. The van der Waals surface area contributed by atoms with Crippen molar-refractivity contribution in [3.8, 4) is 33.9 Å². The smallest absolute Gasteiger partial charge is 0.337 e. The van der Waals surface area contributed by atoms with Gasteiger partial charge < -0.3 is 18.6 Å². The van der Waals surface area contributed by atoms with Crippen LogP contribution >= 0.6 is 0 Å². The number of esters is 2. The Kier molecular flexibility index (Phi) is 7.94. The number of hydrogen-bond donors (Lipinski definition) is 0. The highest BCUT2D eigenvalue weighted by Crippen LogP contribution is 2.39. The molecule has 0 spiro atoms. The third-order valence-corrected chi connectivity index (χ3v) is 8.04. The monoisotopic (exact) mass is 610 g/mol. The van der Waals surface area contributed by atoms with E-state index in [1.807, 2.05) is 48.5 Å². The summed E-state index contributed by atoms with van der Waals surface area (Å²) in [4.78, 5) is 48.4. The zero-order valence-corrected chi connectivity index (χ0v) is 25.7. The highest BCUT2D eigenvalue weighted by molar-refractivity contribution is 5.97. The molecular weight excluding hydrogens is 580 g/mol. The molecule has 0 atom stereocenters. The summed E-state index contributed by atoms with van der Waals surface area (Å²) in [5.74, 6) is -0.896. The molecule has 0 fully saturated rings. The number of carbonyl (C=O) groups is 4. The Hall–Kier alpha value is -6.02. The Morgan fingerprint density at radius 3 is 1.04 bits per heavy atom. The van der Waals surface area contributed by atoms with Gasteiger partial charge in [-0.05, 0) is 110 Å². The van der Waals surface area contributed by atoms with Gasteiger partial charge in [0.1, 0.15) is 0 Å². The predicted octanol–water partition coefficient (Wildman–Crippen LogP) is 7.73. The summed E-state index contributed by atoms with van der Waals surface area (Å²) in [7, 11) is 2.70. The van der Waals surface area contributed by atoms with E-state index in [9.17, 15) is 19.2 Å². The first-order valence-corrected chi connectivity index (χ1v) is 14.6. The Morgan fingerprint density at radius 2 is 0.761 bits per heavy atom. The average molecular weight is 611 g/mol. The molecule has 0 amide bonds. The summed E-state index contributed by atoms with van der Waals surface area (Å²) < 4.78 is 14.0. The summed E-state index contributed by atoms with van der Waals surface area (Å²) in [6.07, 6.45) is 0. The molecule has 6 rings (SSSR count). The fourth-order valence-corrected chi connectivity index (χ4v) is 5.62. The fraction of sp³-hybridized carbons (Fsp3) is 0.105. The van der Waals surface area contributed by atoms with Crippen LogP contribution in [0.15, 0.2) is 109 Å². The summed E-state index contributed by atoms with van der Waals surface area (Å²) in [5, 5.41) is 0. The second-order valence-electron chi connectivity index (χ2n) is 10.8. The molecule has 0 saturated heterocycles. The van der Waals surface area contributed by atoms with Crippen LogP contribution in [0.25, 0.3) is 44.9 Å². The minimum atomic E-state index is -0.421. The van der Waals surface area contributed by atoms with Crippen molar-refractivity contribution in [3.63, 3.8) is 0 Å². The first-order valence-electron chi connectivity index (χ1n) is 14.6. The first-order chi connectivity index (χ1) is 22.2. The van der Waals surface area contributed by atoms with Gasteiger partial charge in [-0.1, -0.05) is 24.3 Å². The minimum absolute atomic E-state index is 0.0272. The molecule has 0 radical (unpaired) electrons. The maximum absolute atomic E-state index is 12.1. The molecule has 0 aliphatic rings. The largest absolute Gasteiger partial charge is 0.465 e. The fourth-order valence-electron chi connectivity index (χ4n) is 5.62. The molecule has 6 aromatic rings. The van der Waals surface area contributed by atoms with Gasteiger partial charge in [-0.15, -0.1) is 0 Å². The van der Waals surface area contributed by atoms with Gasteiger partial charge in [-0.2, -0.15) is 0 Å². The Bertz CT molecular complexity index is 1960. The van der Waals surface area contributed by atoms with Crippen molar-refractivity contribution in [2.75, 3.05) is 14.2 Å². The molecule has 0 unspecified atom stereocenters.